The lowest BCUT2D eigenvalue weighted by Crippen LogP contribution is -2.63. The molecule has 4 unspecified atom stereocenters. The zero-order valence-electron chi connectivity index (χ0n) is 24.4. The van der Waals surface area contributed by atoms with Gasteiger partial charge in [0.15, 0.2) is 0 Å². The van der Waals surface area contributed by atoms with Crippen molar-refractivity contribution in [3.05, 3.63) is 35.9 Å². The quantitative estimate of drug-likeness (QED) is 0.428. The average molecular weight is 531 g/mol. The molecule has 212 valence electrons. The molecule has 1 saturated heterocycles. The Balaban J connectivity index is 2.34. The number of nitrogens with zero attached hydrogens (tertiary/aromatic N) is 2. The molecular weight excluding hydrogens is 484 g/mol. The number of rotatable bonds is 10. The van der Waals surface area contributed by atoms with Crippen LogP contribution in [0, 0.1) is 11.3 Å². The highest BCUT2D eigenvalue weighted by Crippen LogP contribution is 2.29. The van der Waals surface area contributed by atoms with E-state index in [-0.39, 0.29) is 17.7 Å². The predicted octanol–water partition coefficient (Wildman–Crippen LogP) is 2.64. The Morgan fingerprint density at radius 3 is 2.08 bits per heavy atom. The molecule has 0 aliphatic carbocycles. The molecule has 2 rings (SSSR count). The molecule has 9 heteroatoms. The molecule has 0 spiro atoms. The third-order valence-corrected chi connectivity index (χ3v) is 7.66. The van der Waals surface area contributed by atoms with E-state index in [1.165, 1.54) is 9.80 Å². The number of carboxylic acids is 1. The highest BCUT2D eigenvalue weighted by Gasteiger charge is 2.45. The second-order valence-corrected chi connectivity index (χ2v) is 12.3. The van der Waals surface area contributed by atoms with E-state index >= 15 is 0 Å². The van der Waals surface area contributed by atoms with E-state index in [0.717, 1.165) is 5.56 Å². The second-order valence-electron chi connectivity index (χ2n) is 12.3. The molecule has 0 saturated carbocycles. The highest BCUT2D eigenvalue weighted by atomic mass is 16.4. The lowest BCUT2D eigenvalue weighted by Gasteiger charge is -2.40. The van der Waals surface area contributed by atoms with Gasteiger partial charge in [-0.2, -0.15) is 0 Å². The first kappa shape index (κ1) is 31.3. The normalized spacial score (nSPS) is 18.6. The number of nitrogens with one attached hydrogen (secondary N) is 2. The fourth-order valence-electron chi connectivity index (χ4n) is 5.42. The van der Waals surface area contributed by atoms with Crippen molar-refractivity contribution in [3.8, 4) is 0 Å². The van der Waals surface area contributed by atoms with Crippen molar-refractivity contribution in [3.63, 3.8) is 0 Å². The van der Waals surface area contributed by atoms with Crippen LogP contribution in [0.4, 0.5) is 0 Å². The number of carboxylic acid groups (broad SMARTS) is 1. The Morgan fingerprint density at radius 2 is 1.61 bits per heavy atom. The third-order valence-electron chi connectivity index (χ3n) is 7.66. The Labute approximate surface area is 227 Å². The molecule has 1 aliphatic rings. The largest absolute Gasteiger partial charge is 0.480 e. The number of hydrogen-bond acceptors (Lipinski definition) is 5. The standard InChI is InChI=1S/C29H46N4O5/c1-18(2)21(25(35)33-17-13-16-20(33)27(37)38)32(9)26(36)23(28(3,4)5)31-24(34)22(30-8)29(6,7)19-14-11-10-12-15-19/h10-12,14-15,18,20-23,30H,13,16-17H2,1-9H3,(H,31,34)(H,37,38). The van der Waals surface area contributed by atoms with Crippen LogP contribution in [0.2, 0.25) is 0 Å². The van der Waals surface area contributed by atoms with Crippen LogP contribution in [0.5, 0.6) is 0 Å². The van der Waals surface area contributed by atoms with Gasteiger partial charge in [-0.05, 0) is 36.8 Å². The number of likely N-dealkylation sites (N-methyl/N-ethyl adjacent to an activating group) is 2. The average Bonchev–Trinajstić information content (AvgIpc) is 3.32. The van der Waals surface area contributed by atoms with E-state index in [1.807, 2.05) is 78.8 Å². The van der Waals surface area contributed by atoms with Crippen LogP contribution in [-0.2, 0) is 24.6 Å². The summed E-state index contributed by atoms with van der Waals surface area (Å²) in [6.45, 7) is 13.6. The van der Waals surface area contributed by atoms with Gasteiger partial charge in [-0.3, -0.25) is 14.4 Å². The van der Waals surface area contributed by atoms with Gasteiger partial charge in [0, 0.05) is 19.0 Å². The van der Waals surface area contributed by atoms with Crippen LogP contribution in [0.15, 0.2) is 30.3 Å². The van der Waals surface area contributed by atoms with Crippen LogP contribution < -0.4 is 10.6 Å². The first-order valence-corrected chi connectivity index (χ1v) is 13.4. The number of aliphatic carboxylic acids is 1. The van der Waals surface area contributed by atoms with E-state index in [2.05, 4.69) is 10.6 Å². The highest BCUT2D eigenvalue weighted by molar-refractivity contribution is 5.95. The van der Waals surface area contributed by atoms with Crippen LogP contribution in [0.1, 0.15) is 66.9 Å². The molecule has 1 heterocycles. The number of amides is 3. The zero-order chi connectivity index (χ0) is 29.0. The van der Waals surface area contributed by atoms with Crippen molar-refractivity contribution >= 4 is 23.7 Å². The Morgan fingerprint density at radius 1 is 1.03 bits per heavy atom. The maximum atomic E-state index is 13.9. The summed E-state index contributed by atoms with van der Waals surface area (Å²) in [5, 5.41) is 15.7. The van der Waals surface area contributed by atoms with Crippen LogP contribution in [-0.4, -0.2) is 83.4 Å². The number of hydrogen-bond donors (Lipinski definition) is 3. The maximum absolute atomic E-state index is 13.9. The summed E-state index contributed by atoms with van der Waals surface area (Å²) >= 11 is 0. The van der Waals surface area contributed by atoms with Gasteiger partial charge in [-0.25, -0.2) is 4.79 Å². The summed E-state index contributed by atoms with van der Waals surface area (Å²) in [5.41, 5.74) is -0.248. The molecule has 3 amide bonds. The number of benzene rings is 1. The van der Waals surface area contributed by atoms with Gasteiger partial charge >= 0.3 is 5.97 Å². The molecular formula is C29H46N4O5. The summed E-state index contributed by atoms with van der Waals surface area (Å²) in [6.07, 6.45) is 1.00. The summed E-state index contributed by atoms with van der Waals surface area (Å²) in [6, 6.07) is 6.44. The van der Waals surface area contributed by atoms with E-state index in [4.69, 9.17) is 0 Å². The number of carbonyl (C=O) groups excluding carboxylic acids is 3. The van der Waals surface area contributed by atoms with Gasteiger partial charge in [0.05, 0.1) is 6.04 Å². The molecule has 4 atom stereocenters. The SMILES string of the molecule is CNC(C(=O)NC(C(=O)N(C)C(C(=O)N1CCCC1C(=O)O)C(C)C)C(C)(C)C)C(C)(C)c1ccccc1. The Kier molecular flexibility index (Phi) is 10.1. The van der Waals surface area contributed by atoms with Crippen LogP contribution in [0.3, 0.4) is 0 Å². The second kappa shape index (κ2) is 12.3. The molecule has 0 aromatic heterocycles. The number of carbonyl (C=O) groups is 4. The fourth-order valence-corrected chi connectivity index (χ4v) is 5.42. The van der Waals surface area contributed by atoms with Gasteiger partial charge in [-0.15, -0.1) is 0 Å². The maximum Gasteiger partial charge on any atom is 0.326 e. The van der Waals surface area contributed by atoms with Crippen LogP contribution >= 0.6 is 0 Å². The third kappa shape index (κ3) is 6.73. The fraction of sp³-hybridized carbons (Fsp3) is 0.655. The first-order chi connectivity index (χ1) is 17.5. The summed E-state index contributed by atoms with van der Waals surface area (Å²) < 4.78 is 0. The molecule has 3 N–H and O–H groups in total. The number of likely N-dealkylation sites (tertiary alicyclic amines) is 1. The van der Waals surface area contributed by atoms with Gasteiger partial charge in [0.2, 0.25) is 17.7 Å². The van der Waals surface area contributed by atoms with Crippen molar-refractivity contribution in [2.45, 2.75) is 90.9 Å². The molecule has 1 aliphatic heterocycles. The first-order valence-electron chi connectivity index (χ1n) is 13.4. The molecule has 9 nitrogen and oxygen atoms in total. The van der Waals surface area contributed by atoms with E-state index < -0.39 is 46.9 Å². The summed E-state index contributed by atoms with van der Waals surface area (Å²) in [5.74, 6) is -2.38. The van der Waals surface area contributed by atoms with Crippen molar-refractivity contribution in [1.29, 1.82) is 0 Å². The summed E-state index contributed by atoms with van der Waals surface area (Å²) in [7, 11) is 3.28. The lowest BCUT2D eigenvalue weighted by molar-refractivity contribution is -0.154. The molecule has 0 bridgehead atoms. The van der Waals surface area contributed by atoms with Crippen molar-refractivity contribution in [1.82, 2.24) is 20.4 Å². The van der Waals surface area contributed by atoms with Crippen molar-refractivity contribution < 1.29 is 24.3 Å². The predicted molar refractivity (Wildman–Crippen MR) is 147 cm³/mol. The van der Waals surface area contributed by atoms with Gasteiger partial charge in [-0.1, -0.05) is 78.8 Å². The smallest absolute Gasteiger partial charge is 0.326 e. The van der Waals surface area contributed by atoms with Crippen molar-refractivity contribution in [2.75, 3.05) is 20.6 Å². The van der Waals surface area contributed by atoms with E-state index in [1.54, 1.807) is 14.1 Å². The minimum atomic E-state index is -1.04. The molecule has 38 heavy (non-hydrogen) atoms. The monoisotopic (exact) mass is 530 g/mol. The van der Waals surface area contributed by atoms with Crippen molar-refractivity contribution in [2.24, 2.45) is 11.3 Å². The van der Waals surface area contributed by atoms with Gasteiger partial charge in [0.25, 0.3) is 0 Å². The molecule has 0 radical (unpaired) electrons. The van der Waals surface area contributed by atoms with E-state index in [9.17, 15) is 24.3 Å². The summed E-state index contributed by atoms with van der Waals surface area (Å²) in [4.78, 5) is 55.6. The van der Waals surface area contributed by atoms with E-state index in [0.29, 0.717) is 19.4 Å². The van der Waals surface area contributed by atoms with Gasteiger partial charge in [0.1, 0.15) is 18.1 Å². The van der Waals surface area contributed by atoms with Crippen LogP contribution in [0.25, 0.3) is 0 Å². The molecule has 1 fully saturated rings. The Bertz CT molecular complexity index is 1000. The zero-order valence-corrected chi connectivity index (χ0v) is 24.4. The molecule has 1 aromatic carbocycles. The Hall–Kier alpha value is -2.94. The lowest BCUT2D eigenvalue weighted by atomic mass is 9.76. The topological polar surface area (TPSA) is 119 Å². The minimum absolute atomic E-state index is 0.259. The van der Waals surface area contributed by atoms with Gasteiger partial charge < -0.3 is 25.5 Å². The molecule has 1 aromatic rings. The minimum Gasteiger partial charge on any atom is -0.480 e.